The maximum Gasteiger partial charge on any atom is 0.255 e. The third kappa shape index (κ3) is 5.37. The number of ether oxygens (including phenoxy) is 1. The summed E-state index contributed by atoms with van der Waals surface area (Å²) in [5.74, 6) is -1.33. The van der Waals surface area contributed by atoms with Crippen molar-refractivity contribution in [3.8, 4) is 0 Å². The number of fused-ring (bicyclic) bond motifs is 1. The summed E-state index contributed by atoms with van der Waals surface area (Å²) in [6.07, 6.45) is 2.54. The third-order valence-electron chi connectivity index (χ3n) is 5.90. The minimum Gasteiger partial charge on any atom is -0.379 e. The number of carbonyl (C=O) groups is 2. The summed E-state index contributed by atoms with van der Waals surface area (Å²) in [6.45, 7) is 5.23. The van der Waals surface area contributed by atoms with Gasteiger partial charge in [0.15, 0.2) is 0 Å². The standard InChI is InChI=1S/C26H28FN3O3/c1-26(2,29-24(31)21-7-3-4-8-22(21)27)25(32)30-12-13-33-17-19(16-30)14-18-9-10-23-20(15-18)6-5-11-28-23/h3-11,15,19H,12-14,16-17H2,1-2H3,(H,29,31)/t19-/m1/s1. The molecule has 6 nitrogen and oxygen atoms in total. The number of nitrogens with zero attached hydrogens (tertiary/aromatic N) is 2. The molecule has 7 heteroatoms. The monoisotopic (exact) mass is 449 g/mol. The molecule has 2 aromatic carbocycles. The van der Waals surface area contributed by atoms with Gasteiger partial charge in [0.25, 0.3) is 5.91 Å². The number of hydrogen-bond donors (Lipinski definition) is 1. The van der Waals surface area contributed by atoms with Crippen LogP contribution in [0.4, 0.5) is 4.39 Å². The Morgan fingerprint density at radius 1 is 1.18 bits per heavy atom. The molecule has 2 heterocycles. The van der Waals surface area contributed by atoms with Crippen LogP contribution in [0.3, 0.4) is 0 Å². The Bertz CT molecular complexity index is 1160. The van der Waals surface area contributed by atoms with E-state index in [1.807, 2.05) is 18.2 Å². The molecule has 0 unspecified atom stereocenters. The number of carbonyl (C=O) groups excluding carboxylic acids is 2. The smallest absolute Gasteiger partial charge is 0.255 e. The maximum atomic E-state index is 14.0. The molecule has 1 aliphatic rings. The quantitative estimate of drug-likeness (QED) is 0.646. The van der Waals surface area contributed by atoms with E-state index < -0.39 is 17.3 Å². The zero-order valence-electron chi connectivity index (χ0n) is 18.9. The first-order chi connectivity index (χ1) is 15.8. The lowest BCUT2D eigenvalue weighted by Gasteiger charge is -2.33. The second kappa shape index (κ2) is 9.67. The zero-order valence-corrected chi connectivity index (χ0v) is 18.9. The van der Waals surface area contributed by atoms with Crippen molar-refractivity contribution in [1.29, 1.82) is 0 Å². The Kier molecular flexibility index (Phi) is 6.70. The van der Waals surface area contributed by atoms with Gasteiger partial charge >= 0.3 is 0 Å². The summed E-state index contributed by atoms with van der Waals surface area (Å²) < 4.78 is 19.8. The Balaban J connectivity index is 1.45. The Morgan fingerprint density at radius 2 is 2.00 bits per heavy atom. The first-order valence-corrected chi connectivity index (χ1v) is 11.1. The molecule has 0 radical (unpaired) electrons. The van der Waals surface area contributed by atoms with E-state index in [1.165, 1.54) is 18.2 Å². The number of rotatable bonds is 5. The van der Waals surface area contributed by atoms with Crippen LogP contribution in [0.25, 0.3) is 10.9 Å². The molecule has 1 aromatic heterocycles. The van der Waals surface area contributed by atoms with E-state index in [2.05, 4.69) is 22.4 Å². The van der Waals surface area contributed by atoms with E-state index in [9.17, 15) is 14.0 Å². The molecule has 172 valence electrons. The van der Waals surface area contributed by atoms with Gasteiger partial charge < -0.3 is 15.0 Å². The number of halogens is 1. The van der Waals surface area contributed by atoms with Crippen LogP contribution in [0.5, 0.6) is 0 Å². The Hall–Kier alpha value is -3.32. The van der Waals surface area contributed by atoms with Crippen molar-refractivity contribution in [2.24, 2.45) is 5.92 Å². The van der Waals surface area contributed by atoms with Crippen molar-refractivity contribution in [1.82, 2.24) is 15.2 Å². The van der Waals surface area contributed by atoms with Gasteiger partial charge in [0.1, 0.15) is 11.4 Å². The lowest BCUT2D eigenvalue weighted by atomic mass is 9.96. The summed E-state index contributed by atoms with van der Waals surface area (Å²) in [6, 6.07) is 15.9. The molecular weight excluding hydrogens is 421 g/mol. The van der Waals surface area contributed by atoms with Crippen molar-refractivity contribution in [2.75, 3.05) is 26.3 Å². The highest BCUT2D eigenvalue weighted by molar-refractivity contribution is 5.99. The molecule has 0 saturated carbocycles. The maximum absolute atomic E-state index is 14.0. The van der Waals surface area contributed by atoms with Gasteiger partial charge in [-0.15, -0.1) is 0 Å². The van der Waals surface area contributed by atoms with Crippen molar-refractivity contribution in [2.45, 2.75) is 25.8 Å². The summed E-state index contributed by atoms with van der Waals surface area (Å²) in [7, 11) is 0. The van der Waals surface area contributed by atoms with Crippen LogP contribution in [0.2, 0.25) is 0 Å². The van der Waals surface area contributed by atoms with Crippen molar-refractivity contribution < 1.29 is 18.7 Å². The largest absolute Gasteiger partial charge is 0.379 e. The van der Waals surface area contributed by atoms with Crippen LogP contribution in [0.15, 0.2) is 60.8 Å². The van der Waals surface area contributed by atoms with Crippen molar-refractivity contribution in [3.05, 3.63) is 77.7 Å². The number of benzene rings is 2. The summed E-state index contributed by atoms with van der Waals surface area (Å²) in [5, 5.41) is 3.78. The number of hydrogen-bond acceptors (Lipinski definition) is 4. The average molecular weight is 450 g/mol. The van der Waals surface area contributed by atoms with Crippen molar-refractivity contribution >= 4 is 22.7 Å². The van der Waals surface area contributed by atoms with E-state index in [1.54, 1.807) is 31.0 Å². The Morgan fingerprint density at radius 3 is 2.82 bits per heavy atom. The second-order valence-corrected chi connectivity index (χ2v) is 8.99. The van der Waals surface area contributed by atoms with Crippen LogP contribution >= 0.6 is 0 Å². The summed E-state index contributed by atoms with van der Waals surface area (Å²) in [4.78, 5) is 32.0. The fraction of sp³-hybridized carbons (Fsp3) is 0.346. The molecule has 1 N–H and O–H groups in total. The van der Waals surface area contributed by atoms with Gasteiger partial charge in [-0.05, 0) is 56.2 Å². The third-order valence-corrected chi connectivity index (χ3v) is 5.90. The Labute approximate surface area is 192 Å². The highest BCUT2D eigenvalue weighted by Crippen LogP contribution is 2.20. The normalized spacial score (nSPS) is 16.9. The summed E-state index contributed by atoms with van der Waals surface area (Å²) >= 11 is 0. The molecule has 1 fully saturated rings. The molecule has 1 saturated heterocycles. The molecule has 2 amide bonds. The number of amides is 2. The van der Waals surface area contributed by atoms with Crippen LogP contribution in [0, 0.1) is 11.7 Å². The van der Waals surface area contributed by atoms with Gasteiger partial charge in [-0.25, -0.2) is 4.39 Å². The molecule has 33 heavy (non-hydrogen) atoms. The SMILES string of the molecule is CC(C)(NC(=O)c1ccccc1F)C(=O)N1CCOC[C@H](Cc2ccc3ncccc3c2)C1. The summed E-state index contributed by atoms with van der Waals surface area (Å²) in [5.41, 5.74) is 0.831. The van der Waals surface area contributed by atoms with Gasteiger partial charge in [0, 0.05) is 30.6 Å². The van der Waals surface area contributed by atoms with E-state index in [0.717, 1.165) is 22.9 Å². The molecule has 1 atom stereocenters. The molecular formula is C26H28FN3O3. The molecule has 3 aromatic rings. The van der Waals surface area contributed by atoms with E-state index >= 15 is 0 Å². The minimum absolute atomic E-state index is 0.0822. The van der Waals surface area contributed by atoms with E-state index in [0.29, 0.717) is 26.3 Å². The fourth-order valence-electron chi connectivity index (χ4n) is 4.22. The lowest BCUT2D eigenvalue weighted by Crippen LogP contribution is -2.57. The number of nitrogens with one attached hydrogen (secondary N) is 1. The molecule has 0 bridgehead atoms. The topological polar surface area (TPSA) is 71.5 Å². The fourth-order valence-corrected chi connectivity index (χ4v) is 4.22. The number of aromatic nitrogens is 1. The van der Waals surface area contributed by atoms with Crippen LogP contribution in [0.1, 0.15) is 29.8 Å². The molecule has 4 rings (SSSR count). The average Bonchev–Trinajstić information content (AvgIpc) is 3.04. The number of pyridine rings is 1. The van der Waals surface area contributed by atoms with Gasteiger partial charge in [0.2, 0.25) is 5.91 Å². The first kappa shape index (κ1) is 22.9. The minimum atomic E-state index is -1.19. The van der Waals surface area contributed by atoms with E-state index in [4.69, 9.17) is 4.74 Å². The predicted molar refractivity (Wildman–Crippen MR) is 124 cm³/mol. The van der Waals surface area contributed by atoms with Crippen molar-refractivity contribution in [3.63, 3.8) is 0 Å². The second-order valence-electron chi connectivity index (χ2n) is 8.99. The highest BCUT2D eigenvalue weighted by Gasteiger charge is 2.36. The van der Waals surface area contributed by atoms with Crippen LogP contribution < -0.4 is 5.32 Å². The van der Waals surface area contributed by atoms with Gasteiger partial charge in [-0.2, -0.15) is 0 Å². The molecule has 0 aliphatic carbocycles. The van der Waals surface area contributed by atoms with Crippen LogP contribution in [-0.4, -0.2) is 53.5 Å². The zero-order chi connectivity index (χ0) is 23.4. The van der Waals surface area contributed by atoms with Gasteiger partial charge in [-0.1, -0.05) is 24.3 Å². The lowest BCUT2D eigenvalue weighted by molar-refractivity contribution is -0.137. The predicted octanol–water partition coefficient (Wildman–Crippen LogP) is 3.60. The van der Waals surface area contributed by atoms with E-state index in [-0.39, 0.29) is 17.4 Å². The van der Waals surface area contributed by atoms with Gasteiger partial charge in [-0.3, -0.25) is 14.6 Å². The van der Waals surface area contributed by atoms with Gasteiger partial charge in [0.05, 0.1) is 24.3 Å². The molecule has 1 aliphatic heterocycles. The van der Waals surface area contributed by atoms with Crippen LogP contribution in [-0.2, 0) is 16.0 Å². The molecule has 0 spiro atoms. The highest BCUT2D eigenvalue weighted by atomic mass is 19.1. The first-order valence-electron chi connectivity index (χ1n) is 11.1.